The number of amides is 1. The van der Waals surface area contributed by atoms with Gasteiger partial charge in [-0.3, -0.25) is 4.79 Å². The van der Waals surface area contributed by atoms with Crippen LogP contribution < -0.4 is 5.32 Å². The van der Waals surface area contributed by atoms with Gasteiger partial charge in [-0.15, -0.1) is 0 Å². The van der Waals surface area contributed by atoms with Gasteiger partial charge in [0.15, 0.2) is 0 Å². The standard InChI is InChI=1S/C19H21BrN4O2/c1-13-19(20)15-4-2-3-5-16(15)23(13)11-18(25)22-17-6-8-21-24(17)10-14-7-9-26-12-14/h2-6,8,14H,7,9-12H2,1H3,(H,22,25)/t14-/m1/s1. The Kier molecular flexibility index (Phi) is 4.82. The van der Waals surface area contributed by atoms with E-state index in [0.717, 1.165) is 53.1 Å². The number of carbonyl (C=O) groups is 1. The van der Waals surface area contributed by atoms with Crippen molar-refractivity contribution in [1.82, 2.24) is 14.3 Å². The maximum Gasteiger partial charge on any atom is 0.245 e. The molecular weight excluding hydrogens is 396 g/mol. The monoisotopic (exact) mass is 416 g/mol. The summed E-state index contributed by atoms with van der Waals surface area (Å²) < 4.78 is 10.3. The molecule has 1 N–H and O–H groups in total. The zero-order chi connectivity index (χ0) is 18.1. The van der Waals surface area contributed by atoms with Crippen molar-refractivity contribution in [2.45, 2.75) is 26.4 Å². The number of halogens is 1. The molecule has 0 aliphatic carbocycles. The number of para-hydroxylation sites is 1. The Bertz CT molecular complexity index is 940. The number of fused-ring (bicyclic) bond motifs is 1. The molecule has 1 fully saturated rings. The van der Waals surface area contributed by atoms with Gasteiger partial charge >= 0.3 is 0 Å². The molecule has 4 rings (SSSR count). The molecule has 6 nitrogen and oxygen atoms in total. The molecular formula is C19H21BrN4O2. The molecule has 26 heavy (non-hydrogen) atoms. The summed E-state index contributed by atoms with van der Waals surface area (Å²) in [6, 6.07) is 9.91. The number of nitrogens with zero attached hydrogens (tertiary/aromatic N) is 3. The Morgan fingerprint density at radius 1 is 1.38 bits per heavy atom. The number of rotatable bonds is 5. The SMILES string of the molecule is Cc1c(Br)c2ccccc2n1CC(=O)Nc1ccnn1C[C@H]1CCOC1. The van der Waals surface area contributed by atoms with Crippen molar-refractivity contribution in [2.24, 2.45) is 5.92 Å². The summed E-state index contributed by atoms with van der Waals surface area (Å²) in [5, 5.41) is 8.46. The van der Waals surface area contributed by atoms with E-state index in [1.165, 1.54) is 0 Å². The van der Waals surface area contributed by atoms with Crippen molar-refractivity contribution in [2.75, 3.05) is 18.5 Å². The smallest absolute Gasteiger partial charge is 0.245 e. The number of hydrogen-bond acceptors (Lipinski definition) is 3. The van der Waals surface area contributed by atoms with E-state index in [9.17, 15) is 4.79 Å². The Balaban J connectivity index is 1.50. The van der Waals surface area contributed by atoms with E-state index in [-0.39, 0.29) is 12.5 Å². The van der Waals surface area contributed by atoms with Crippen molar-refractivity contribution in [3.05, 3.63) is 46.7 Å². The van der Waals surface area contributed by atoms with Gasteiger partial charge in [0, 0.05) is 46.2 Å². The maximum absolute atomic E-state index is 12.7. The number of anilines is 1. The highest BCUT2D eigenvalue weighted by molar-refractivity contribution is 9.10. The Morgan fingerprint density at radius 3 is 3.04 bits per heavy atom. The number of benzene rings is 1. The minimum absolute atomic E-state index is 0.0641. The number of carbonyl (C=O) groups excluding carboxylic acids is 1. The summed E-state index contributed by atoms with van der Waals surface area (Å²) in [6.45, 7) is 4.61. The highest BCUT2D eigenvalue weighted by Gasteiger charge is 2.19. The molecule has 0 spiro atoms. The molecule has 0 bridgehead atoms. The Labute approximate surface area is 160 Å². The molecule has 1 atom stereocenters. The van der Waals surface area contributed by atoms with Crippen LogP contribution in [0.15, 0.2) is 41.0 Å². The first-order chi connectivity index (χ1) is 12.6. The van der Waals surface area contributed by atoms with Crippen LogP contribution in [0.3, 0.4) is 0 Å². The van der Waals surface area contributed by atoms with Gasteiger partial charge in [-0.25, -0.2) is 4.68 Å². The number of ether oxygens (including phenoxy) is 1. The molecule has 1 aliphatic rings. The third kappa shape index (κ3) is 3.29. The highest BCUT2D eigenvalue weighted by atomic mass is 79.9. The largest absolute Gasteiger partial charge is 0.381 e. The van der Waals surface area contributed by atoms with Gasteiger partial charge in [0.25, 0.3) is 0 Å². The molecule has 3 heterocycles. The van der Waals surface area contributed by atoms with Gasteiger partial charge in [0.1, 0.15) is 12.4 Å². The highest BCUT2D eigenvalue weighted by Crippen LogP contribution is 2.30. The zero-order valence-electron chi connectivity index (χ0n) is 14.6. The molecule has 2 aromatic heterocycles. The lowest BCUT2D eigenvalue weighted by atomic mass is 10.1. The third-order valence-electron chi connectivity index (χ3n) is 4.89. The van der Waals surface area contributed by atoms with Gasteiger partial charge < -0.3 is 14.6 Å². The summed E-state index contributed by atoms with van der Waals surface area (Å²) in [5.41, 5.74) is 2.08. The lowest BCUT2D eigenvalue weighted by Crippen LogP contribution is -2.22. The molecule has 0 unspecified atom stereocenters. The van der Waals surface area contributed by atoms with Crippen LogP contribution in [0, 0.1) is 12.8 Å². The van der Waals surface area contributed by atoms with Gasteiger partial charge in [-0.2, -0.15) is 5.10 Å². The van der Waals surface area contributed by atoms with Crippen LogP contribution in [-0.2, 0) is 22.6 Å². The maximum atomic E-state index is 12.7. The van der Waals surface area contributed by atoms with Crippen LogP contribution in [0.2, 0.25) is 0 Å². The first-order valence-electron chi connectivity index (χ1n) is 8.76. The van der Waals surface area contributed by atoms with E-state index >= 15 is 0 Å². The van der Waals surface area contributed by atoms with Crippen molar-refractivity contribution < 1.29 is 9.53 Å². The molecule has 3 aromatic rings. The summed E-state index contributed by atoms with van der Waals surface area (Å²) in [7, 11) is 0. The molecule has 1 amide bonds. The van der Waals surface area contributed by atoms with Gasteiger partial charge in [-0.1, -0.05) is 18.2 Å². The first-order valence-corrected chi connectivity index (χ1v) is 9.55. The molecule has 0 saturated carbocycles. The van der Waals surface area contributed by atoms with Crippen molar-refractivity contribution in [1.29, 1.82) is 0 Å². The topological polar surface area (TPSA) is 61.1 Å². The van der Waals surface area contributed by atoms with E-state index in [1.54, 1.807) is 6.20 Å². The van der Waals surface area contributed by atoms with Crippen LogP contribution in [0.1, 0.15) is 12.1 Å². The second-order valence-corrected chi connectivity index (χ2v) is 7.47. The van der Waals surface area contributed by atoms with Crippen molar-refractivity contribution in [3.63, 3.8) is 0 Å². The molecule has 0 radical (unpaired) electrons. The summed E-state index contributed by atoms with van der Waals surface area (Å²) in [5.74, 6) is 1.12. The summed E-state index contributed by atoms with van der Waals surface area (Å²) >= 11 is 3.63. The fourth-order valence-corrected chi connectivity index (χ4v) is 4.02. The number of aromatic nitrogens is 3. The van der Waals surface area contributed by atoms with Crippen LogP contribution >= 0.6 is 15.9 Å². The van der Waals surface area contributed by atoms with E-state index in [2.05, 4.69) is 32.4 Å². The molecule has 1 saturated heterocycles. The van der Waals surface area contributed by atoms with E-state index in [1.807, 2.05) is 40.4 Å². The molecule has 1 aliphatic heterocycles. The van der Waals surface area contributed by atoms with E-state index in [0.29, 0.717) is 5.92 Å². The Hall–Kier alpha value is -2.12. The second-order valence-electron chi connectivity index (χ2n) is 6.68. The van der Waals surface area contributed by atoms with Gasteiger partial charge in [0.05, 0.1) is 12.8 Å². The van der Waals surface area contributed by atoms with Crippen LogP contribution in [0.4, 0.5) is 5.82 Å². The molecule has 7 heteroatoms. The fourth-order valence-electron chi connectivity index (χ4n) is 3.47. The van der Waals surface area contributed by atoms with Crippen molar-refractivity contribution in [3.8, 4) is 0 Å². The third-order valence-corrected chi connectivity index (χ3v) is 5.90. The Morgan fingerprint density at radius 2 is 2.23 bits per heavy atom. The summed E-state index contributed by atoms with van der Waals surface area (Å²) in [6.07, 6.45) is 2.76. The molecule has 1 aromatic carbocycles. The average molecular weight is 417 g/mol. The molecule has 136 valence electrons. The normalized spacial score (nSPS) is 17.1. The quantitative estimate of drug-likeness (QED) is 0.691. The number of nitrogens with one attached hydrogen (secondary N) is 1. The van der Waals surface area contributed by atoms with E-state index < -0.39 is 0 Å². The number of hydrogen-bond donors (Lipinski definition) is 1. The predicted molar refractivity (Wildman–Crippen MR) is 104 cm³/mol. The predicted octanol–water partition coefficient (Wildman–Crippen LogP) is 3.58. The van der Waals surface area contributed by atoms with Crippen molar-refractivity contribution >= 4 is 38.6 Å². The van der Waals surface area contributed by atoms with Gasteiger partial charge in [0.2, 0.25) is 5.91 Å². The second kappa shape index (κ2) is 7.25. The van der Waals surface area contributed by atoms with E-state index in [4.69, 9.17) is 4.74 Å². The first kappa shape index (κ1) is 17.3. The fraction of sp³-hybridized carbons (Fsp3) is 0.368. The zero-order valence-corrected chi connectivity index (χ0v) is 16.2. The minimum atomic E-state index is -0.0641. The van der Waals surface area contributed by atoms with Gasteiger partial charge in [-0.05, 0) is 35.3 Å². The summed E-state index contributed by atoms with van der Waals surface area (Å²) in [4.78, 5) is 12.7. The average Bonchev–Trinajstić information content (AvgIpc) is 3.35. The minimum Gasteiger partial charge on any atom is -0.381 e. The lowest BCUT2D eigenvalue weighted by molar-refractivity contribution is -0.116. The van der Waals surface area contributed by atoms with Crippen LogP contribution in [-0.4, -0.2) is 33.5 Å². The van der Waals surface area contributed by atoms with Crippen LogP contribution in [0.5, 0.6) is 0 Å². The van der Waals surface area contributed by atoms with Crippen LogP contribution in [0.25, 0.3) is 10.9 Å². The lowest BCUT2D eigenvalue weighted by Gasteiger charge is -2.13.